The van der Waals surface area contributed by atoms with E-state index in [1.165, 1.54) is 17.0 Å². The SMILES string of the molecule is O=C(NC1CCC(CN2C(=O)C(O)(c3cccc(OC(F)(F)F)c3)c3ccccc32)CC1)c1cc(Cl)cnc1C(F)F. The minimum Gasteiger partial charge on any atom is -0.406 e. The summed E-state index contributed by atoms with van der Waals surface area (Å²) in [5.74, 6) is -1.99. The number of carbonyl (C=O) groups excluding carboxylic acids is 2. The normalized spacial score (nSPS) is 22.3. The fourth-order valence-electron chi connectivity index (χ4n) is 5.63. The minimum atomic E-state index is -4.95. The van der Waals surface area contributed by atoms with Gasteiger partial charge >= 0.3 is 6.36 Å². The lowest BCUT2D eigenvalue weighted by Gasteiger charge is -2.32. The van der Waals surface area contributed by atoms with Crippen LogP contribution in [0.4, 0.5) is 27.6 Å². The van der Waals surface area contributed by atoms with E-state index in [4.69, 9.17) is 11.6 Å². The number of ether oxygens (including phenoxy) is 1. The maximum atomic E-state index is 13.7. The number of hydrogen-bond donors (Lipinski definition) is 2. The second-order valence-corrected chi connectivity index (χ2v) is 10.7. The zero-order chi connectivity index (χ0) is 30.2. The maximum Gasteiger partial charge on any atom is 0.573 e. The molecule has 1 aromatic heterocycles. The molecule has 2 aliphatic rings. The van der Waals surface area contributed by atoms with Crippen LogP contribution in [0.3, 0.4) is 0 Å². The van der Waals surface area contributed by atoms with Gasteiger partial charge in [0.1, 0.15) is 11.4 Å². The summed E-state index contributed by atoms with van der Waals surface area (Å²) in [5, 5.41) is 14.5. The van der Waals surface area contributed by atoms with Crippen LogP contribution in [0, 0.1) is 5.92 Å². The van der Waals surface area contributed by atoms with E-state index in [0.29, 0.717) is 31.4 Å². The summed E-state index contributed by atoms with van der Waals surface area (Å²) >= 11 is 5.86. The molecule has 0 bridgehead atoms. The number of para-hydroxylation sites is 1. The molecular weight excluding hydrogens is 585 g/mol. The van der Waals surface area contributed by atoms with Crippen LogP contribution in [0.2, 0.25) is 5.02 Å². The van der Waals surface area contributed by atoms with Crippen molar-refractivity contribution in [1.29, 1.82) is 0 Å². The van der Waals surface area contributed by atoms with E-state index in [9.17, 15) is 36.6 Å². The monoisotopic (exact) mass is 609 g/mol. The molecule has 1 aliphatic carbocycles. The molecule has 222 valence electrons. The molecule has 5 rings (SSSR count). The van der Waals surface area contributed by atoms with Crippen molar-refractivity contribution in [3.05, 3.63) is 88.2 Å². The van der Waals surface area contributed by atoms with Crippen molar-refractivity contribution in [3.63, 3.8) is 0 Å². The van der Waals surface area contributed by atoms with Crippen molar-refractivity contribution in [1.82, 2.24) is 10.3 Å². The highest BCUT2D eigenvalue weighted by Crippen LogP contribution is 2.46. The molecule has 7 nitrogen and oxygen atoms in total. The van der Waals surface area contributed by atoms with Gasteiger partial charge in [0.2, 0.25) is 0 Å². The van der Waals surface area contributed by atoms with Crippen LogP contribution in [0.1, 0.15) is 59.3 Å². The molecule has 1 unspecified atom stereocenters. The molecule has 2 N–H and O–H groups in total. The lowest BCUT2D eigenvalue weighted by Crippen LogP contribution is -2.44. The van der Waals surface area contributed by atoms with Gasteiger partial charge in [-0.25, -0.2) is 8.78 Å². The number of pyridine rings is 1. The number of nitrogens with one attached hydrogen (secondary N) is 1. The Morgan fingerprint density at radius 2 is 1.83 bits per heavy atom. The Bertz CT molecular complexity index is 1500. The summed E-state index contributed by atoms with van der Waals surface area (Å²) in [5.41, 5.74) is -2.54. The van der Waals surface area contributed by atoms with E-state index in [1.807, 2.05) is 0 Å². The van der Waals surface area contributed by atoms with Crippen LogP contribution in [-0.4, -0.2) is 40.9 Å². The number of aromatic nitrogens is 1. The Balaban J connectivity index is 1.28. The van der Waals surface area contributed by atoms with Crippen molar-refractivity contribution in [2.24, 2.45) is 5.92 Å². The molecule has 2 heterocycles. The van der Waals surface area contributed by atoms with E-state index < -0.39 is 41.6 Å². The predicted octanol–water partition coefficient (Wildman–Crippen LogP) is 6.14. The Hall–Kier alpha value is -3.77. The third kappa shape index (κ3) is 5.91. The number of carbonyl (C=O) groups is 2. The highest BCUT2D eigenvalue weighted by Gasteiger charge is 2.51. The number of alkyl halides is 5. The Morgan fingerprint density at radius 3 is 2.52 bits per heavy atom. The Kier molecular flexibility index (Phi) is 8.13. The number of fused-ring (bicyclic) bond motifs is 1. The largest absolute Gasteiger partial charge is 0.573 e. The zero-order valence-corrected chi connectivity index (χ0v) is 22.6. The first-order valence-corrected chi connectivity index (χ1v) is 13.5. The number of hydrogen-bond acceptors (Lipinski definition) is 5. The van der Waals surface area contributed by atoms with Gasteiger partial charge < -0.3 is 20.1 Å². The molecule has 1 fully saturated rings. The Labute approximate surface area is 242 Å². The number of amides is 2. The van der Waals surface area contributed by atoms with E-state index >= 15 is 0 Å². The van der Waals surface area contributed by atoms with Crippen LogP contribution in [0.5, 0.6) is 5.75 Å². The van der Waals surface area contributed by atoms with Crippen molar-refractivity contribution in [3.8, 4) is 5.75 Å². The number of halogens is 6. The lowest BCUT2D eigenvalue weighted by molar-refractivity contribution is -0.274. The highest BCUT2D eigenvalue weighted by atomic mass is 35.5. The molecule has 1 aliphatic heterocycles. The first kappa shape index (κ1) is 29.7. The molecule has 0 saturated heterocycles. The molecule has 2 amide bonds. The van der Waals surface area contributed by atoms with Crippen molar-refractivity contribution < 1.29 is 41.4 Å². The van der Waals surface area contributed by atoms with Gasteiger partial charge in [-0.1, -0.05) is 41.9 Å². The first-order chi connectivity index (χ1) is 19.9. The van der Waals surface area contributed by atoms with E-state index in [0.717, 1.165) is 24.4 Å². The van der Waals surface area contributed by atoms with Gasteiger partial charge in [0.15, 0.2) is 5.60 Å². The van der Waals surface area contributed by atoms with Crippen LogP contribution in [-0.2, 0) is 10.4 Å². The number of rotatable bonds is 7. The lowest BCUT2D eigenvalue weighted by atomic mass is 9.85. The molecular formula is C29H25ClF5N3O4. The van der Waals surface area contributed by atoms with E-state index in [-0.39, 0.29) is 40.2 Å². The topological polar surface area (TPSA) is 91.8 Å². The average Bonchev–Trinajstić information content (AvgIpc) is 3.16. The van der Waals surface area contributed by atoms with Gasteiger partial charge in [-0.15, -0.1) is 13.2 Å². The van der Waals surface area contributed by atoms with Crippen molar-refractivity contribution in [2.75, 3.05) is 11.4 Å². The van der Waals surface area contributed by atoms with Crippen LogP contribution < -0.4 is 15.0 Å². The molecule has 13 heteroatoms. The third-order valence-electron chi connectivity index (χ3n) is 7.58. The molecule has 0 spiro atoms. The van der Waals surface area contributed by atoms with Gasteiger partial charge in [0.05, 0.1) is 16.3 Å². The van der Waals surface area contributed by atoms with E-state index in [1.54, 1.807) is 24.3 Å². The van der Waals surface area contributed by atoms with Crippen LogP contribution in [0.15, 0.2) is 60.8 Å². The Morgan fingerprint density at radius 1 is 1.12 bits per heavy atom. The second-order valence-electron chi connectivity index (χ2n) is 10.3. The zero-order valence-electron chi connectivity index (χ0n) is 21.9. The summed E-state index contributed by atoms with van der Waals surface area (Å²) in [7, 11) is 0. The molecule has 3 aromatic rings. The third-order valence-corrected chi connectivity index (χ3v) is 7.79. The smallest absolute Gasteiger partial charge is 0.406 e. The first-order valence-electron chi connectivity index (χ1n) is 13.1. The minimum absolute atomic E-state index is 0.0260. The number of aliphatic hydroxyl groups is 1. The number of benzene rings is 2. The second kappa shape index (κ2) is 11.5. The van der Waals surface area contributed by atoms with Gasteiger partial charge in [-0.05, 0) is 55.9 Å². The summed E-state index contributed by atoms with van der Waals surface area (Å²) < 4.78 is 69.1. The average molecular weight is 610 g/mol. The van der Waals surface area contributed by atoms with Gasteiger partial charge in [-0.2, -0.15) is 0 Å². The van der Waals surface area contributed by atoms with Crippen LogP contribution >= 0.6 is 11.6 Å². The van der Waals surface area contributed by atoms with E-state index in [2.05, 4.69) is 15.0 Å². The summed E-state index contributed by atoms with van der Waals surface area (Å²) in [6, 6.07) is 12.1. The summed E-state index contributed by atoms with van der Waals surface area (Å²) in [6.07, 6.45) is -4.65. The quantitative estimate of drug-likeness (QED) is 0.314. The maximum absolute atomic E-state index is 13.7. The van der Waals surface area contributed by atoms with Crippen molar-refractivity contribution >= 4 is 29.1 Å². The summed E-state index contributed by atoms with van der Waals surface area (Å²) in [6.45, 7) is 0.227. The fraction of sp³-hybridized carbons (Fsp3) is 0.345. The van der Waals surface area contributed by atoms with Gasteiger partial charge in [0, 0.05) is 29.9 Å². The van der Waals surface area contributed by atoms with Gasteiger partial charge in [-0.3, -0.25) is 14.6 Å². The molecule has 42 heavy (non-hydrogen) atoms. The fourth-order valence-corrected chi connectivity index (χ4v) is 5.79. The molecule has 1 atom stereocenters. The van der Waals surface area contributed by atoms with Crippen LogP contribution in [0.25, 0.3) is 0 Å². The molecule has 0 radical (unpaired) electrons. The number of anilines is 1. The van der Waals surface area contributed by atoms with Crippen molar-refractivity contribution in [2.45, 2.75) is 50.1 Å². The van der Waals surface area contributed by atoms with Gasteiger partial charge in [0.25, 0.3) is 18.2 Å². The molecule has 1 saturated carbocycles. The summed E-state index contributed by atoms with van der Waals surface area (Å²) in [4.78, 5) is 31.5. The molecule has 2 aromatic carbocycles. The standard InChI is InChI=1S/C29H25ClF5N3O4/c30-18-13-21(24(25(31)32)36-14-18)26(39)37-19-10-8-16(9-11-19)15-38-23-7-2-1-6-22(23)28(41,27(38)40)17-4-3-5-20(12-17)42-29(33,34)35/h1-7,12-14,16,19,25,41H,8-11,15H2,(H,37,39). The number of nitrogens with zero attached hydrogens (tertiary/aromatic N) is 2. The highest BCUT2D eigenvalue weighted by molar-refractivity contribution is 6.30. The predicted molar refractivity (Wildman–Crippen MR) is 142 cm³/mol.